The number of aliphatic imine (C=N–C) groups is 2. The molecule has 0 spiro atoms. The molecule has 162 valence electrons. The van der Waals surface area contributed by atoms with Crippen molar-refractivity contribution in [1.82, 2.24) is 5.32 Å². The predicted molar refractivity (Wildman–Crippen MR) is 108 cm³/mol. The fourth-order valence-corrected chi connectivity index (χ4v) is 2.95. The highest BCUT2D eigenvalue weighted by Crippen LogP contribution is 2.43. The summed E-state index contributed by atoms with van der Waals surface area (Å²) in [6.45, 7) is 0.0368. The van der Waals surface area contributed by atoms with E-state index >= 15 is 0 Å². The maximum Gasteiger partial charge on any atom is 0.417 e. The summed E-state index contributed by atoms with van der Waals surface area (Å²) in [7, 11) is 0. The molecule has 0 heterocycles. The van der Waals surface area contributed by atoms with Gasteiger partial charge >= 0.3 is 6.18 Å². The minimum absolute atomic E-state index is 0.0105. The largest absolute Gasteiger partial charge is 0.417 e. The van der Waals surface area contributed by atoms with E-state index in [1.165, 1.54) is 12.1 Å². The highest BCUT2D eigenvalue weighted by molar-refractivity contribution is 6.33. The summed E-state index contributed by atoms with van der Waals surface area (Å²) in [4.78, 5) is 7.16. The molecule has 0 radical (unpaired) electrons. The van der Waals surface area contributed by atoms with Crippen LogP contribution in [0.1, 0.15) is 11.1 Å². The van der Waals surface area contributed by atoms with Crippen molar-refractivity contribution in [2.24, 2.45) is 27.2 Å². The lowest BCUT2D eigenvalue weighted by Gasteiger charge is -2.17. The Labute approximate surface area is 174 Å². The molecule has 12 heteroatoms. The average Bonchev–Trinajstić information content (AvgIpc) is 2.61. The van der Waals surface area contributed by atoms with E-state index in [-0.39, 0.29) is 47.1 Å². The number of alkyl halides is 3. The number of rotatable bonds is 6. The van der Waals surface area contributed by atoms with E-state index in [4.69, 9.17) is 33.9 Å². The Bertz CT molecular complexity index is 974. The van der Waals surface area contributed by atoms with Gasteiger partial charge in [0.15, 0.2) is 5.96 Å². The number of hydrogen-bond acceptors (Lipinski definition) is 3. The fourth-order valence-electron chi connectivity index (χ4n) is 2.63. The zero-order valence-corrected chi connectivity index (χ0v) is 16.2. The van der Waals surface area contributed by atoms with Crippen molar-refractivity contribution in [3.8, 4) is 11.1 Å². The van der Waals surface area contributed by atoms with Gasteiger partial charge in [0.25, 0.3) is 0 Å². The molecule has 0 aromatic heterocycles. The summed E-state index contributed by atoms with van der Waals surface area (Å²) in [6.07, 6.45) is -4.79. The van der Waals surface area contributed by atoms with Gasteiger partial charge in [0.1, 0.15) is 5.82 Å². The topological polar surface area (TPSA) is 135 Å². The van der Waals surface area contributed by atoms with Crippen molar-refractivity contribution in [3.63, 3.8) is 0 Å². The van der Waals surface area contributed by atoms with Crippen LogP contribution in [0.2, 0.25) is 5.02 Å². The van der Waals surface area contributed by atoms with E-state index in [1.807, 2.05) is 0 Å². The number of guanidine groups is 2. The highest BCUT2D eigenvalue weighted by atomic mass is 35.5. The Morgan fingerprint density at radius 3 is 2.43 bits per heavy atom. The lowest BCUT2D eigenvalue weighted by atomic mass is 9.96. The molecule has 2 rings (SSSR count). The quantitative estimate of drug-likeness (QED) is 0.201. The minimum atomic E-state index is -4.79. The number of aliphatic hydroxyl groups excluding tert-OH is 1. The third-order valence-electron chi connectivity index (χ3n) is 3.81. The molecule has 2 aromatic carbocycles. The molecular weight excluding hydrogens is 428 g/mol. The van der Waals surface area contributed by atoms with Crippen LogP contribution in [-0.2, 0) is 12.7 Å². The zero-order chi connectivity index (χ0) is 22.5. The number of aliphatic hydroxyl groups is 1. The second kappa shape index (κ2) is 9.74. The summed E-state index contributed by atoms with van der Waals surface area (Å²) < 4.78 is 55.3. The highest BCUT2D eigenvalue weighted by Gasteiger charge is 2.35. The summed E-state index contributed by atoms with van der Waals surface area (Å²) in [5.41, 5.74) is 14.3. The number of nitrogens with two attached hydrogens (primary N) is 3. The fraction of sp³-hybridized carbons (Fsp3) is 0.222. The van der Waals surface area contributed by atoms with E-state index in [0.717, 1.165) is 18.2 Å². The zero-order valence-electron chi connectivity index (χ0n) is 15.5. The molecule has 0 bridgehead atoms. The maximum atomic E-state index is 14.0. The van der Waals surface area contributed by atoms with Crippen LogP contribution in [0.25, 0.3) is 11.1 Å². The van der Waals surface area contributed by atoms with Gasteiger partial charge in [0.05, 0.1) is 22.9 Å². The summed E-state index contributed by atoms with van der Waals surface area (Å²) >= 11 is 6.15. The maximum absolute atomic E-state index is 14.0. The van der Waals surface area contributed by atoms with E-state index in [9.17, 15) is 17.6 Å². The molecule has 0 unspecified atom stereocenters. The first-order valence-corrected chi connectivity index (χ1v) is 8.85. The second-order valence-corrected chi connectivity index (χ2v) is 6.47. The van der Waals surface area contributed by atoms with E-state index in [0.29, 0.717) is 0 Å². The van der Waals surface area contributed by atoms with Gasteiger partial charge in [-0.15, -0.1) is 0 Å². The van der Waals surface area contributed by atoms with Gasteiger partial charge < -0.3 is 27.6 Å². The van der Waals surface area contributed by atoms with Crippen LogP contribution in [0.4, 0.5) is 23.2 Å². The Hall–Kier alpha value is -2.89. The molecular formula is C18H19ClF4N6O. The Balaban J connectivity index is 2.60. The van der Waals surface area contributed by atoms with Gasteiger partial charge in [0, 0.05) is 24.2 Å². The molecule has 0 amide bonds. The molecule has 8 N–H and O–H groups in total. The third-order valence-corrected chi connectivity index (χ3v) is 4.10. The van der Waals surface area contributed by atoms with Gasteiger partial charge in [-0.2, -0.15) is 18.2 Å². The van der Waals surface area contributed by atoms with Crippen molar-refractivity contribution in [2.45, 2.75) is 12.7 Å². The number of halogens is 5. The Morgan fingerprint density at radius 1 is 1.13 bits per heavy atom. The lowest BCUT2D eigenvalue weighted by Crippen LogP contribution is -2.26. The van der Waals surface area contributed by atoms with Crippen LogP contribution in [0.3, 0.4) is 0 Å². The van der Waals surface area contributed by atoms with Crippen LogP contribution >= 0.6 is 11.6 Å². The van der Waals surface area contributed by atoms with Crippen molar-refractivity contribution in [2.75, 3.05) is 13.2 Å². The summed E-state index contributed by atoms with van der Waals surface area (Å²) in [5.74, 6) is -1.48. The molecule has 0 aliphatic heterocycles. The number of hydrogen-bond donors (Lipinski definition) is 5. The van der Waals surface area contributed by atoms with Crippen LogP contribution in [0.5, 0.6) is 0 Å². The standard InChI is InChI=1S/C18H19ClF4N6O/c19-13-7-11(28-17(26)29-16(24)25)6-12(18(21,22)23)15(13)9-1-2-14(20)10(5-9)8-27-3-4-30/h1-2,5-7,27,30H,3-4,8H2,(H6,24,25,26,28,29). The Kier molecular flexibility index (Phi) is 7.59. The summed E-state index contributed by atoms with van der Waals surface area (Å²) in [6, 6.07) is 5.40. The van der Waals surface area contributed by atoms with E-state index in [1.54, 1.807) is 0 Å². The molecule has 0 fully saturated rings. The molecule has 0 saturated carbocycles. The predicted octanol–water partition coefficient (Wildman–Crippen LogP) is 2.47. The molecule has 7 nitrogen and oxygen atoms in total. The minimum Gasteiger partial charge on any atom is -0.395 e. The first kappa shape index (κ1) is 23.4. The van der Waals surface area contributed by atoms with E-state index in [2.05, 4.69) is 15.3 Å². The van der Waals surface area contributed by atoms with Crippen molar-refractivity contribution in [3.05, 3.63) is 52.3 Å². The van der Waals surface area contributed by atoms with Gasteiger partial charge in [-0.3, -0.25) is 0 Å². The van der Waals surface area contributed by atoms with Crippen LogP contribution < -0.4 is 22.5 Å². The van der Waals surface area contributed by atoms with Gasteiger partial charge in [-0.25, -0.2) is 9.38 Å². The second-order valence-electron chi connectivity index (χ2n) is 6.06. The number of nitrogens with zero attached hydrogens (tertiary/aromatic N) is 2. The van der Waals surface area contributed by atoms with Crippen molar-refractivity contribution >= 4 is 29.2 Å². The normalized spacial score (nSPS) is 12.1. The van der Waals surface area contributed by atoms with Crippen LogP contribution in [0, 0.1) is 5.82 Å². The molecule has 0 atom stereocenters. The smallest absolute Gasteiger partial charge is 0.395 e. The monoisotopic (exact) mass is 446 g/mol. The van der Waals surface area contributed by atoms with Crippen LogP contribution in [0.15, 0.2) is 40.3 Å². The molecule has 0 aliphatic carbocycles. The SMILES string of the molecule is NC(N)=NC(N)=Nc1cc(Cl)c(-c2ccc(F)c(CNCCO)c2)c(C(F)(F)F)c1. The molecule has 0 saturated heterocycles. The first-order chi connectivity index (χ1) is 14.0. The van der Waals surface area contributed by atoms with Gasteiger partial charge in [-0.05, 0) is 29.8 Å². The third kappa shape index (κ3) is 6.05. The molecule has 0 aliphatic rings. The number of nitrogens with one attached hydrogen (secondary N) is 1. The van der Waals surface area contributed by atoms with Crippen LogP contribution in [-0.4, -0.2) is 30.2 Å². The summed E-state index contributed by atoms with van der Waals surface area (Å²) in [5, 5.41) is 11.3. The van der Waals surface area contributed by atoms with Crippen molar-refractivity contribution in [1.29, 1.82) is 0 Å². The van der Waals surface area contributed by atoms with Crippen molar-refractivity contribution < 1.29 is 22.7 Å². The molecule has 2 aromatic rings. The van der Waals surface area contributed by atoms with E-state index < -0.39 is 29.5 Å². The first-order valence-electron chi connectivity index (χ1n) is 8.47. The Morgan fingerprint density at radius 2 is 1.83 bits per heavy atom. The lowest BCUT2D eigenvalue weighted by molar-refractivity contribution is -0.137. The average molecular weight is 447 g/mol. The number of benzene rings is 2. The van der Waals surface area contributed by atoms with Gasteiger partial charge in [0.2, 0.25) is 5.96 Å². The van der Waals surface area contributed by atoms with Gasteiger partial charge in [-0.1, -0.05) is 17.7 Å². The molecule has 30 heavy (non-hydrogen) atoms.